The quantitative estimate of drug-likeness (QED) is 0.779. The smallest absolute Gasteiger partial charge is 0.233 e. The fraction of sp³-hybridized carbons (Fsp3) is 0.500. The molecule has 1 aliphatic heterocycles. The van der Waals surface area contributed by atoms with Crippen molar-refractivity contribution in [3.8, 4) is 0 Å². The average molecular weight is 264 g/mol. The van der Waals surface area contributed by atoms with Crippen LogP contribution in [0.5, 0.6) is 0 Å². The molecule has 0 bridgehead atoms. The Bertz CT molecular complexity index is 414. The van der Waals surface area contributed by atoms with E-state index >= 15 is 0 Å². The lowest BCUT2D eigenvalue weighted by Gasteiger charge is -2.32. The number of likely N-dealkylation sites (N-methyl/N-ethyl adjacent to an activating group) is 1. The number of hydrogen-bond acceptors (Lipinski definition) is 3. The minimum atomic E-state index is 0.261. The van der Waals surface area contributed by atoms with Crippen LogP contribution in [0, 0.1) is 6.92 Å². The van der Waals surface area contributed by atoms with E-state index in [1.54, 1.807) is 11.8 Å². The summed E-state index contributed by atoms with van der Waals surface area (Å²) >= 11 is 1.64. The van der Waals surface area contributed by atoms with Crippen molar-refractivity contribution in [2.75, 3.05) is 39.0 Å². The zero-order valence-corrected chi connectivity index (χ0v) is 11.9. The standard InChI is InChI=1S/C14H20N2OS/c1-12-5-3-4-6-13(12)18-11-14(17)16-9-7-15(2)8-10-16/h3-6H,7-11H2,1-2H3. The van der Waals surface area contributed by atoms with Gasteiger partial charge in [0, 0.05) is 31.1 Å². The van der Waals surface area contributed by atoms with Crippen molar-refractivity contribution in [3.63, 3.8) is 0 Å². The van der Waals surface area contributed by atoms with Gasteiger partial charge in [-0.1, -0.05) is 18.2 Å². The van der Waals surface area contributed by atoms with Crippen molar-refractivity contribution in [1.82, 2.24) is 9.80 Å². The van der Waals surface area contributed by atoms with Gasteiger partial charge in [-0.2, -0.15) is 0 Å². The molecule has 1 aromatic rings. The highest BCUT2D eigenvalue weighted by Gasteiger charge is 2.18. The molecule has 0 aromatic heterocycles. The van der Waals surface area contributed by atoms with E-state index in [4.69, 9.17) is 0 Å². The molecule has 0 N–H and O–H groups in total. The maximum absolute atomic E-state index is 12.1. The maximum atomic E-state index is 12.1. The molecule has 98 valence electrons. The first-order valence-electron chi connectivity index (χ1n) is 6.31. The van der Waals surface area contributed by atoms with Crippen LogP contribution in [0.25, 0.3) is 0 Å². The Labute approximate surface area is 113 Å². The molecule has 1 aliphatic rings. The zero-order valence-electron chi connectivity index (χ0n) is 11.1. The predicted octanol–water partition coefficient (Wildman–Crippen LogP) is 1.86. The number of carbonyl (C=O) groups excluding carboxylic acids is 1. The molecule has 0 saturated carbocycles. The summed E-state index contributed by atoms with van der Waals surface area (Å²) in [6, 6.07) is 8.22. The van der Waals surface area contributed by atoms with Crippen molar-refractivity contribution in [1.29, 1.82) is 0 Å². The van der Waals surface area contributed by atoms with Crippen LogP contribution in [0.15, 0.2) is 29.2 Å². The van der Waals surface area contributed by atoms with Gasteiger partial charge in [0.2, 0.25) is 5.91 Å². The number of piperazine rings is 1. The lowest BCUT2D eigenvalue weighted by Crippen LogP contribution is -2.47. The summed E-state index contributed by atoms with van der Waals surface area (Å²) in [4.78, 5) is 17.5. The molecule has 4 heteroatoms. The summed E-state index contributed by atoms with van der Waals surface area (Å²) < 4.78 is 0. The summed E-state index contributed by atoms with van der Waals surface area (Å²) in [5, 5.41) is 0. The highest BCUT2D eigenvalue weighted by molar-refractivity contribution is 8.00. The van der Waals surface area contributed by atoms with Gasteiger partial charge < -0.3 is 9.80 Å². The number of rotatable bonds is 3. The summed E-state index contributed by atoms with van der Waals surface area (Å²) in [6.07, 6.45) is 0. The average Bonchev–Trinajstić information content (AvgIpc) is 2.38. The van der Waals surface area contributed by atoms with Crippen molar-refractivity contribution in [2.24, 2.45) is 0 Å². The number of nitrogens with zero attached hydrogens (tertiary/aromatic N) is 2. The van der Waals surface area contributed by atoms with Crippen molar-refractivity contribution in [3.05, 3.63) is 29.8 Å². The first kappa shape index (κ1) is 13.4. The molecule has 1 saturated heterocycles. The molecule has 3 nitrogen and oxygen atoms in total. The van der Waals surface area contributed by atoms with Gasteiger partial charge in [0.05, 0.1) is 5.75 Å². The summed E-state index contributed by atoms with van der Waals surface area (Å²) in [7, 11) is 2.10. The Morgan fingerprint density at radius 3 is 2.56 bits per heavy atom. The molecule has 1 amide bonds. The summed E-state index contributed by atoms with van der Waals surface area (Å²) in [5.74, 6) is 0.811. The predicted molar refractivity (Wildman–Crippen MR) is 76.0 cm³/mol. The van der Waals surface area contributed by atoms with Crippen LogP contribution in [-0.2, 0) is 4.79 Å². The van der Waals surface area contributed by atoms with Crippen LogP contribution in [0.1, 0.15) is 5.56 Å². The molecular formula is C14H20N2OS. The lowest BCUT2D eigenvalue weighted by atomic mass is 10.2. The van der Waals surface area contributed by atoms with Crippen LogP contribution >= 0.6 is 11.8 Å². The number of benzene rings is 1. The van der Waals surface area contributed by atoms with Crippen molar-refractivity contribution < 1.29 is 4.79 Å². The van der Waals surface area contributed by atoms with Gasteiger partial charge in [0.15, 0.2) is 0 Å². The molecule has 0 spiro atoms. The third-order valence-electron chi connectivity index (χ3n) is 3.30. The van der Waals surface area contributed by atoms with Gasteiger partial charge in [-0.05, 0) is 25.6 Å². The second-order valence-corrected chi connectivity index (χ2v) is 5.76. The minimum absolute atomic E-state index is 0.261. The summed E-state index contributed by atoms with van der Waals surface area (Å²) in [6.45, 7) is 5.79. The van der Waals surface area contributed by atoms with Crippen molar-refractivity contribution in [2.45, 2.75) is 11.8 Å². The van der Waals surface area contributed by atoms with Gasteiger partial charge in [-0.15, -0.1) is 11.8 Å². The maximum Gasteiger partial charge on any atom is 0.233 e. The molecule has 0 unspecified atom stereocenters. The molecule has 1 fully saturated rings. The normalized spacial score (nSPS) is 16.9. The van der Waals surface area contributed by atoms with Gasteiger partial charge in [-0.3, -0.25) is 4.79 Å². The van der Waals surface area contributed by atoms with Crippen LogP contribution in [0.3, 0.4) is 0 Å². The Hall–Kier alpha value is -1.00. The molecule has 0 atom stereocenters. The van der Waals surface area contributed by atoms with E-state index in [1.807, 2.05) is 17.0 Å². The molecule has 18 heavy (non-hydrogen) atoms. The molecule has 1 aromatic carbocycles. The highest BCUT2D eigenvalue weighted by atomic mass is 32.2. The third-order valence-corrected chi connectivity index (χ3v) is 4.46. The molecule has 1 heterocycles. The van der Waals surface area contributed by atoms with E-state index in [0.717, 1.165) is 26.2 Å². The Morgan fingerprint density at radius 2 is 1.89 bits per heavy atom. The number of hydrogen-bond donors (Lipinski definition) is 0. The van der Waals surface area contributed by atoms with Crippen LogP contribution in [-0.4, -0.2) is 54.7 Å². The van der Waals surface area contributed by atoms with E-state index in [-0.39, 0.29) is 5.91 Å². The fourth-order valence-corrected chi connectivity index (χ4v) is 2.94. The Morgan fingerprint density at radius 1 is 1.22 bits per heavy atom. The molecule has 2 rings (SSSR count). The second kappa shape index (κ2) is 6.25. The van der Waals surface area contributed by atoms with Crippen molar-refractivity contribution >= 4 is 17.7 Å². The van der Waals surface area contributed by atoms with Crippen LogP contribution in [0.4, 0.5) is 0 Å². The first-order chi connectivity index (χ1) is 8.66. The monoisotopic (exact) mass is 264 g/mol. The Balaban J connectivity index is 1.83. The van der Waals surface area contributed by atoms with E-state index in [2.05, 4.69) is 31.0 Å². The minimum Gasteiger partial charge on any atom is -0.339 e. The highest BCUT2D eigenvalue weighted by Crippen LogP contribution is 2.22. The van der Waals surface area contributed by atoms with Gasteiger partial charge >= 0.3 is 0 Å². The fourth-order valence-electron chi connectivity index (χ4n) is 2.00. The lowest BCUT2D eigenvalue weighted by molar-refractivity contribution is -0.129. The number of thioether (sulfide) groups is 1. The number of carbonyl (C=O) groups is 1. The SMILES string of the molecule is Cc1ccccc1SCC(=O)N1CCN(C)CC1. The zero-order chi connectivity index (χ0) is 13.0. The Kier molecular flexibility index (Phi) is 4.66. The summed E-state index contributed by atoms with van der Waals surface area (Å²) in [5.41, 5.74) is 1.24. The van der Waals surface area contributed by atoms with Gasteiger partial charge in [0.25, 0.3) is 0 Å². The van der Waals surface area contributed by atoms with Gasteiger partial charge in [-0.25, -0.2) is 0 Å². The first-order valence-corrected chi connectivity index (χ1v) is 7.30. The third kappa shape index (κ3) is 3.50. The second-order valence-electron chi connectivity index (χ2n) is 4.74. The van der Waals surface area contributed by atoms with E-state index < -0.39 is 0 Å². The van der Waals surface area contributed by atoms with E-state index in [1.165, 1.54) is 10.5 Å². The molecule has 0 radical (unpaired) electrons. The van der Waals surface area contributed by atoms with Gasteiger partial charge in [0.1, 0.15) is 0 Å². The number of aryl methyl sites for hydroxylation is 1. The van der Waals surface area contributed by atoms with Crippen LogP contribution in [0.2, 0.25) is 0 Å². The van der Waals surface area contributed by atoms with Crippen LogP contribution < -0.4 is 0 Å². The largest absolute Gasteiger partial charge is 0.339 e. The molecule has 0 aliphatic carbocycles. The van der Waals surface area contributed by atoms with E-state index in [0.29, 0.717) is 5.75 Å². The topological polar surface area (TPSA) is 23.6 Å². The number of amides is 1. The molecular weight excluding hydrogens is 244 g/mol. The van der Waals surface area contributed by atoms with E-state index in [9.17, 15) is 4.79 Å².